The van der Waals surface area contributed by atoms with Gasteiger partial charge in [0.1, 0.15) is 0 Å². The molecule has 2 N–H and O–H groups in total. The van der Waals surface area contributed by atoms with E-state index >= 15 is 0 Å². The van der Waals surface area contributed by atoms with Gasteiger partial charge in [0.05, 0.1) is 11.3 Å². The van der Waals surface area contributed by atoms with Crippen molar-refractivity contribution in [3.63, 3.8) is 0 Å². The van der Waals surface area contributed by atoms with E-state index in [1.165, 1.54) is 0 Å². The Balaban J connectivity index is 1.80. The third kappa shape index (κ3) is 3.18. The number of nitrogens with one attached hydrogen (secondary N) is 1. The lowest BCUT2D eigenvalue weighted by molar-refractivity contribution is -0.141. The Morgan fingerprint density at radius 1 is 1.30 bits per heavy atom. The molecule has 0 radical (unpaired) electrons. The Hall–Kier alpha value is -1.84. The molecule has 0 saturated heterocycles. The summed E-state index contributed by atoms with van der Waals surface area (Å²) in [7, 11) is 0. The molecule has 0 spiro atoms. The molecule has 1 amide bonds. The fourth-order valence-corrected chi connectivity index (χ4v) is 2.43. The van der Waals surface area contributed by atoms with E-state index in [1.807, 2.05) is 30.3 Å². The second kappa shape index (κ2) is 6.07. The van der Waals surface area contributed by atoms with Crippen molar-refractivity contribution in [1.29, 1.82) is 0 Å². The van der Waals surface area contributed by atoms with Crippen molar-refractivity contribution in [2.24, 2.45) is 5.92 Å². The van der Waals surface area contributed by atoms with Gasteiger partial charge >= 0.3 is 5.97 Å². The number of rotatable bonds is 7. The van der Waals surface area contributed by atoms with Gasteiger partial charge < -0.3 is 10.4 Å². The summed E-state index contributed by atoms with van der Waals surface area (Å²) in [6.07, 6.45) is 3.08. The summed E-state index contributed by atoms with van der Waals surface area (Å²) < 4.78 is 0. The van der Waals surface area contributed by atoms with Gasteiger partial charge in [0.15, 0.2) is 0 Å². The summed E-state index contributed by atoms with van der Waals surface area (Å²) in [5, 5.41) is 11.7. The van der Waals surface area contributed by atoms with Gasteiger partial charge in [0, 0.05) is 6.54 Å². The van der Waals surface area contributed by atoms with Crippen LogP contribution < -0.4 is 5.32 Å². The van der Waals surface area contributed by atoms with Crippen LogP contribution in [0.3, 0.4) is 0 Å². The lowest BCUT2D eigenvalue weighted by atomic mass is 9.95. The molecule has 0 aromatic heterocycles. The molecule has 4 nitrogen and oxygen atoms in total. The molecule has 2 rings (SSSR count). The maximum absolute atomic E-state index is 12.3. The number of carbonyl (C=O) groups excluding carboxylic acids is 1. The molecule has 1 aliphatic carbocycles. The van der Waals surface area contributed by atoms with E-state index < -0.39 is 5.97 Å². The summed E-state index contributed by atoms with van der Waals surface area (Å²) in [5.74, 6) is -1.05. The summed E-state index contributed by atoms with van der Waals surface area (Å²) in [4.78, 5) is 23.0. The van der Waals surface area contributed by atoms with Crippen molar-refractivity contribution >= 4 is 11.9 Å². The smallest absolute Gasteiger partial charge is 0.306 e. The third-order valence-corrected chi connectivity index (χ3v) is 4.03. The number of carboxylic acids is 1. The molecule has 1 saturated carbocycles. The normalized spacial score (nSPS) is 17.2. The Morgan fingerprint density at radius 2 is 1.95 bits per heavy atom. The van der Waals surface area contributed by atoms with Crippen molar-refractivity contribution in [2.75, 3.05) is 6.54 Å². The minimum absolute atomic E-state index is 0.0756. The van der Waals surface area contributed by atoms with Crippen molar-refractivity contribution in [3.05, 3.63) is 35.9 Å². The van der Waals surface area contributed by atoms with E-state index in [0.717, 1.165) is 18.4 Å². The second-order valence-corrected chi connectivity index (χ2v) is 5.59. The van der Waals surface area contributed by atoms with Crippen molar-refractivity contribution in [3.8, 4) is 0 Å². The van der Waals surface area contributed by atoms with Gasteiger partial charge in [-0.1, -0.05) is 37.3 Å². The fourth-order valence-electron chi connectivity index (χ4n) is 2.43. The highest BCUT2D eigenvalue weighted by Crippen LogP contribution is 2.48. The fraction of sp³-hybridized carbons (Fsp3) is 0.500. The number of amides is 1. The standard InChI is InChI=1S/C16H21NO3/c1-12(14(18)19)6-5-11-17-15(20)16(9-10-16)13-7-3-2-4-8-13/h2-4,7-8,12H,5-6,9-11H2,1H3,(H,17,20)(H,18,19). The van der Waals surface area contributed by atoms with Gasteiger partial charge in [-0.15, -0.1) is 0 Å². The van der Waals surface area contributed by atoms with Crippen LogP contribution in [0.25, 0.3) is 0 Å². The highest BCUT2D eigenvalue weighted by molar-refractivity contribution is 5.91. The molecule has 0 bridgehead atoms. The summed E-state index contributed by atoms with van der Waals surface area (Å²) >= 11 is 0. The van der Waals surface area contributed by atoms with Gasteiger partial charge in [-0.25, -0.2) is 0 Å². The first-order valence-corrected chi connectivity index (χ1v) is 7.13. The molecule has 20 heavy (non-hydrogen) atoms. The molecular formula is C16H21NO3. The topological polar surface area (TPSA) is 66.4 Å². The van der Waals surface area contributed by atoms with Crippen LogP contribution in [0.4, 0.5) is 0 Å². The zero-order valence-electron chi connectivity index (χ0n) is 11.8. The van der Waals surface area contributed by atoms with E-state index in [4.69, 9.17) is 5.11 Å². The molecular weight excluding hydrogens is 254 g/mol. The molecule has 1 aliphatic rings. The number of carbonyl (C=O) groups is 2. The van der Waals surface area contributed by atoms with E-state index in [9.17, 15) is 9.59 Å². The number of aliphatic carboxylic acids is 1. The number of benzene rings is 1. The Bertz CT molecular complexity index is 480. The molecule has 1 unspecified atom stereocenters. The van der Waals surface area contributed by atoms with Gasteiger partial charge in [0.25, 0.3) is 0 Å². The first-order chi connectivity index (χ1) is 9.56. The molecule has 1 atom stereocenters. The van der Waals surface area contributed by atoms with E-state index in [1.54, 1.807) is 6.92 Å². The third-order valence-electron chi connectivity index (χ3n) is 4.03. The highest BCUT2D eigenvalue weighted by atomic mass is 16.4. The molecule has 0 aliphatic heterocycles. The van der Waals surface area contributed by atoms with Crippen LogP contribution in [-0.2, 0) is 15.0 Å². The Labute approximate surface area is 119 Å². The lowest BCUT2D eigenvalue weighted by Crippen LogP contribution is -2.35. The maximum Gasteiger partial charge on any atom is 0.306 e. The molecule has 4 heteroatoms. The van der Waals surface area contributed by atoms with Crippen LogP contribution in [0.2, 0.25) is 0 Å². The molecule has 0 heterocycles. The van der Waals surface area contributed by atoms with Crippen LogP contribution >= 0.6 is 0 Å². The average Bonchev–Trinajstić information content (AvgIpc) is 3.25. The number of hydrogen-bond donors (Lipinski definition) is 2. The van der Waals surface area contributed by atoms with E-state index in [0.29, 0.717) is 19.4 Å². The zero-order chi connectivity index (χ0) is 14.6. The van der Waals surface area contributed by atoms with Crippen molar-refractivity contribution in [2.45, 2.75) is 38.0 Å². The minimum atomic E-state index is -0.778. The first kappa shape index (κ1) is 14.6. The van der Waals surface area contributed by atoms with Crippen molar-refractivity contribution in [1.82, 2.24) is 5.32 Å². The highest BCUT2D eigenvalue weighted by Gasteiger charge is 2.50. The van der Waals surface area contributed by atoms with Crippen molar-refractivity contribution < 1.29 is 14.7 Å². The number of hydrogen-bond acceptors (Lipinski definition) is 2. The Kier molecular flexibility index (Phi) is 4.42. The van der Waals surface area contributed by atoms with Crippen LogP contribution in [0.5, 0.6) is 0 Å². The molecule has 1 fully saturated rings. The van der Waals surface area contributed by atoms with Crippen LogP contribution in [-0.4, -0.2) is 23.5 Å². The monoisotopic (exact) mass is 275 g/mol. The van der Waals surface area contributed by atoms with Crippen LogP contribution in [0, 0.1) is 5.92 Å². The summed E-state index contributed by atoms with van der Waals surface area (Å²) in [6.45, 7) is 2.24. The minimum Gasteiger partial charge on any atom is -0.481 e. The predicted molar refractivity (Wildman–Crippen MR) is 76.4 cm³/mol. The van der Waals surface area contributed by atoms with Gasteiger partial charge in [-0.3, -0.25) is 9.59 Å². The summed E-state index contributed by atoms with van der Waals surface area (Å²) in [6, 6.07) is 9.86. The van der Waals surface area contributed by atoms with Gasteiger partial charge in [0.2, 0.25) is 5.91 Å². The SMILES string of the molecule is CC(CCCNC(=O)C1(c2ccccc2)CC1)C(=O)O. The Morgan fingerprint density at radius 3 is 2.50 bits per heavy atom. The van der Waals surface area contributed by atoms with Crippen LogP contribution in [0.1, 0.15) is 38.2 Å². The van der Waals surface area contributed by atoms with Crippen LogP contribution in [0.15, 0.2) is 30.3 Å². The summed E-state index contributed by atoms with van der Waals surface area (Å²) in [5.41, 5.74) is 0.746. The molecule has 1 aromatic carbocycles. The quantitative estimate of drug-likeness (QED) is 0.751. The maximum atomic E-state index is 12.3. The average molecular weight is 275 g/mol. The van der Waals surface area contributed by atoms with Gasteiger partial charge in [-0.2, -0.15) is 0 Å². The van der Waals surface area contributed by atoms with E-state index in [-0.39, 0.29) is 17.2 Å². The molecule has 1 aromatic rings. The zero-order valence-corrected chi connectivity index (χ0v) is 11.8. The first-order valence-electron chi connectivity index (χ1n) is 7.13. The number of carboxylic acid groups (broad SMARTS) is 1. The van der Waals surface area contributed by atoms with Gasteiger partial charge in [-0.05, 0) is 31.2 Å². The largest absolute Gasteiger partial charge is 0.481 e. The van der Waals surface area contributed by atoms with E-state index in [2.05, 4.69) is 5.32 Å². The predicted octanol–water partition coefficient (Wildman–Crippen LogP) is 2.34. The second-order valence-electron chi connectivity index (χ2n) is 5.59. The lowest BCUT2D eigenvalue weighted by Gasteiger charge is -2.16. The molecule has 108 valence electrons.